The third-order valence-electron chi connectivity index (χ3n) is 3.61. The summed E-state index contributed by atoms with van der Waals surface area (Å²) < 4.78 is 0. The van der Waals surface area contributed by atoms with Crippen molar-refractivity contribution in [2.24, 2.45) is 0 Å². The second kappa shape index (κ2) is 8.67. The molecule has 24 heavy (non-hydrogen) atoms. The highest BCUT2D eigenvalue weighted by Crippen LogP contribution is 2.16. The lowest BCUT2D eigenvalue weighted by molar-refractivity contribution is -0.116. The topological polar surface area (TPSA) is 58.2 Å². The van der Waals surface area contributed by atoms with E-state index in [1.54, 1.807) is 30.3 Å². The number of carbonyl (C=O) groups is 2. The van der Waals surface area contributed by atoms with Gasteiger partial charge in [0.1, 0.15) is 0 Å². The largest absolute Gasteiger partial charge is 0.349 e. The molecule has 0 aliphatic rings. The van der Waals surface area contributed by atoms with E-state index < -0.39 is 0 Å². The average Bonchev–Trinajstić information content (AvgIpc) is 2.59. The van der Waals surface area contributed by atoms with E-state index in [2.05, 4.69) is 17.2 Å². The standard InChI is InChI=1S/C20H22N2O2/c1-3-14-21-20(24)17-6-4-5-7-18(17)22-19(23)13-12-16-10-8-15(2)9-11-16/h3-11H,1,12-14H2,2H3,(H,21,24)(H,22,23). The molecule has 0 unspecified atom stereocenters. The summed E-state index contributed by atoms with van der Waals surface area (Å²) in [6.07, 6.45) is 2.64. The van der Waals surface area contributed by atoms with E-state index >= 15 is 0 Å². The van der Waals surface area contributed by atoms with Crippen molar-refractivity contribution >= 4 is 17.5 Å². The van der Waals surface area contributed by atoms with E-state index in [1.807, 2.05) is 31.2 Å². The number of amides is 2. The molecule has 0 saturated heterocycles. The molecule has 4 nitrogen and oxygen atoms in total. The van der Waals surface area contributed by atoms with Crippen LogP contribution in [0, 0.1) is 6.92 Å². The lowest BCUT2D eigenvalue weighted by Gasteiger charge is -2.11. The molecule has 0 atom stereocenters. The summed E-state index contributed by atoms with van der Waals surface area (Å²) in [4.78, 5) is 24.3. The predicted molar refractivity (Wildman–Crippen MR) is 97.1 cm³/mol. The van der Waals surface area contributed by atoms with Crippen LogP contribution in [0.15, 0.2) is 61.2 Å². The number of aryl methyl sites for hydroxylation is 2. The third kappa shape index (κ3) is 5.09. The molecule has 0 saturated carbocycles. The molecule has 4 heteroatoms. The van der Waals surface area contributed by atoms with Crippen molar-refractivity contribution in [3.8, 4) is 0 Å². The molecular formula is C20H22N2O2. The molecule has 0 heterocycles. The number of rotatable bonds is 7. The van der Waals surface area contributed by atoms with Crippen molar-refractivity contribution in [1.29, 1.82) is 0 Å². The SMILES string of the molecule is C=CCNC(=O)c1ccccc1NC(=O)CCc1ccc(C)cc1. The van der Waals surface area contributed by atoms with Crippen molar-refractivity contribution in [3.63, 3.8) is 0 Å². The molecule has 0 radical (unpaired) electrons. The highest BCUT2D eigenvalue weighted by molar-refractivity contribution is 6.03. The number of anilines is 1. The van der Waals surface area contributed by atoms with E-state index in [0.717, 1.165) is 5.56 Å². The number of nitrogens with one attached hydrogen (secondary N) is 2. The van der Waals surface area contributed by atoms with Gasteiger partial charge in [0.05, 0.1) is 11.3 Å². The Balaban J connectivity index is 1.97. The zero-order chi connectivity index (χ0) is 17.4. The molecule has 0 aliphatic carbocycles. The Morgan fingerprint density at radius 3 is 2.50 bits per heavy atom. The predicted octanol–water partition coefficient (Wildman–Crippen LogP) is 3.48. The van der Waals surface area contributed by atoms with E-state index in [1.165, 1.54) is 5.56 Å². The van der Waals surface area contributed by atoms with Gasteiger partial charge in [-0.15, -0.1) is 6.58 Å². The number of para-hydroxylation sites is 1. The molecular weight excluding hydrogens is 300 g/mol. The molecule has 0 spiro atoms. The Morgan fingerprint density at radius 1 is 1.08 bits per heavy atom. The van der Waals surface area contributed by atoms with Crippen molar-refractivity contribution < 1.29 is 9.59 Å². The number of hydrogen-bond donors (Lipinski definition) is 2. The molecule has 0 bridgehead atoms. The van der Waals surface area contributed by atoms with Gasteiger partial charge in [-0.05, 0) is 31.0 Å². The molecule has 0 aliphatic heterocycles. The second-order valence-corrected chi connectivity index (χ2v) is 5.58. The van der Waals surface area contributed by atoms with Crippen LogP contribution in [-0.4, -0.2) is 18.4 Å². The summed E-state index contributed by atoms with van der Waals surface area (Å²) in [7, 11) is 0. The molecule has 0 fully saturated rings. The normalized spacial score (nSPS) is 10.0. The fourth-order valence-electron chi connectivity index (χ4n) is 2.28. The van der Waals surface area contributed by atoms with Gasteiger partial charge in [0.2, 0.25) is 5.91 Å². The Labute approximate surface area is 142 Å². The van der Waals surface area contributed by atoms with E-state index in [9.17, 15) is 9.59 Å². The van der Waals surface area contributed by atoms with E-state index in [-0.39, 0.29) is 11.8 Å². The number of hydrogen-bond acceptors (Lipinski definition) is 2. The monoisotopic (exact) mass is 322 g/mol. The maximum atomic E-state index is 12.2. The van der Waals surface area contributed by atoms with Crippen LogP contribution in [0.25, 0.3) is 0 Å². The molecule has 124 valence electrons. The maximum absolute atomic E-state index is 12.2. The van der Waals surface area contributed by atoms with Crippen LogP contribution in [0.5, 0.6) is 0 Å². The minimum absolute atomic E-state index is 0.112. The van der Waals surface area contributed by atoms with Crippen LogP contribution < -0.4 is 10.6 Å². The zero-order valence-corrected chi connectivity index (χ0v) is 13.8. The third-order valence-corrected chi connectivity index (χ3v) is 3.61. The van der Waals surface area contributed by atoms with Crippen LogP contribution in [0.1, 0.15) is 27.9 Å². The summed E-state index contributed by atoms with van der Waals surface area (Å²) in [5.74, 6) is -0.344. The van der Waals surface area contributed by atoms with Gasteiger partial charge < -0.3 is 10.6 Å². The first-order valence-corrected chi connectivity index (χ1v) is 7.93. The van der Waals surface area contributed by atoms with Crippen molar-refractivity contribution in [1.82, 2.24) is 5.32 Å². The van der Waals surface area contributed by atoms with Gasteiger partial charge in [0, 0.05) is 13.0 Å². The first-order chi connectivity index (χ1) is 11.6. The van der Waals surface area contributed by atoms with Crippen LogP contribution in [0.2, 0.25) is 0 Å². The smallest absolute Gasteiger partial charge is 0.253 e. The Hall–Kier alpha value is -2.88. The van der Waals surface area contributed by atoms with Crippen molar-refractivity contribution in [2.75, 3.05) is 11.9 Å². The van der Waals surface area contributed by atoms with Crippen LogP contribution >= 0.6 is 0 Å². The van der Waals surface area contributed by atoms with Crippen LogP contribution in [0.4, 0.5) is 5.69 Å². The molecule has 2 aromatic carbocycles. The summed E-state index contributed by atoms with van der Waals surface area (Å²) in [6, 6.07) is 15.1. The first-order valence-electron chi connectivity index (χ1n) is 7.93. The summed E-state index contributed by atoms with van der Waals surface area (Å²) in [5, 5.41) is 5.54. The Morgan fingerprint density at radius 2 is 1.79 bits per heavy atom. The quantitative estimate of drug-likeness (QED) is 0.767. The van der Waals surface area contributed by atoms with Gasteiger partial charge in [-0.3, -0.25) is 9.59 Å². The van der Waals surface area contributed by atoms with Crippen LogP contribution in [-0.2, 0) is 11.2 Å². The zero-order valence-electron chi connectivity index (χ0n) is 13.8. The molecule has 2 aromatic rings. The fraction of sp³-hybridized carbons (Fsp3) is 0.200. The molecule has 2 rings (SSSR count). The van der Waals surface area contributed by atoms with Crippen LogP contribution in [0.3, 0.4) is 0 Å². The lowest BCUT2D eigenvalue weighted by Crippen LogP contribution is -2.25. The first kappa shape index (κ1) is 17.5. The van der Waals surface area contributed by atoms with Gasteiger partial charge >= 0.3 is 0 Å². The van der Waals surface area contributed by atoms with E-state index in [0.29, 0.717) is 30.6 Å². The minimum Gasteiger partial charge on any atom is -0.349 e. The maximum Gasteiger partial charge on any atom is 0.253 e. The second-order valence-electron chi connectivity index (χ2n) is 5.58. The summed E-state index contributed by atoms with van der Waals surface area (Å²) in [6.45, 7) is 5.99. The fourth-order valence-corrected chi connectivity index (χ4v) is 2.28. The summed E-state index contributed by atoms with van der Waals surface area (Å²) in [5.41, 5.74) is 3.28. The highest BCUT2D eigenvalue weighted by atomic mass is 16.2. The average molecular weight is 322 g/mol. The summed E-state index contributed by atoms with van der Waals surface area (Å²) >= 11 is 0. The van der Waals surface area contributed by atoms with E-state index in [4.69, 9.17) is 0 Å². The van der Waals surface area contributed by atoms with Crippen molar-refractivity contribution in [3.05, 3.63) is 77.9 Å². The van der Waals surface area contributed by atoms with Gasteiger partial charge in [-0.2, -0.15) is 0 Å². The number of benzene rings is 2. The Kier molecular flexibility index (Phi) is 6.32. The molecule has 2 amide bonds. The molecule has 2 N–H and O–H groups in total. The molecule has 0 aromatic heterocycles. The van der Waals surface area contributed by atoms with Gasteiger partial charge in [0.25, 0.3) is 5.91 Å². The van der Waals surface area contributed by atoms with Crippen molar-refractivity contribution in [2.45, 2.75) is 19.8 Å². The number of carbonyl (C=O) groups excluding carboxylic acids is 2. The lowest BCUT2D eigenvalue weighted by atomic mass is 10.1. The van der Waals surface area contributed by atoms with Gasteiger partial charge in [-0.25, -0.2) is 0 Å². The van der Waals surface area contributed by atoms with Gasteiger partial charge in [0.15, 0.2) is 0 Å². The van der Waals surface area contributed by atoms with Gasteiger partial charge in [-0.1, -0.05) is 48.0 Å². The Bertz CT molecular complexity index is 721. The minimum atomic E-state index is -0.232. The highest BCUT2D eigenvalue weighted by Gasteiger charge is 2.12.